The maximum absolute atomic E-state index is 12.5. The third-order valence-corrected chi connectivity index (χ3v) is 5.38. The lowest BCUT2D eigenvalue weighted by molar-refractivity contribution is -0.115. The molecule has 0 saturated heterocycles. The van der Waals surface area contributed by atoms with Crippen LogP contribution in [-0.4, -0.2) is 26.1 Å². The molecule has 0 saturated carbocycles. The van der Waals surface area contributed by atoms with Crippen molar-refractivity contribution in [2.24, 2.45) is 0 Å². The van der Waals surface area contributed by atoms with E-state index in [1.807, 2.05) is 0 Å². The van der Waals surface area contributed by atoms with Gasteiger partial charge in [0.2, 0.25) is 5.91 Å². The molecule has 0 aliphatic rings. The van der Waals surface area contributed by atoms with Crippen LogP contribution < -0.4 is 10.9 Å². The standard InChI is InChI=1S/C18H11ClN6O2S/c19-12-7-28-18(15(12)16-21-8-22-25-16)24-14(26)5-11-4-10-3-9(6-20)1-2-13(10)23-17(11)27/h1-4,7-8H,5H2,(H,23,27)(H,24,26)(H,21,22,25). The molecule has 0 bridgehead atoms. The predicted octanol–water partition coefficient (Wildman–Crippen LogP) is 3.08. The second kappa shape index (κ2) is 7.26. The van der Waals surface area contributed by atoms with Crippen molar-refractivity contribution in [3.8, 4) is 17.5 Å². The monoisotopic (exact) mass is 410 g/mol. The topological polar surface area (TPSA) is 127 Å². The van der Waals surface area contributed by atoms with Crippen LogP contribution in [0.25, 0.3) is 22.3 Å². The number of hydrogen-bond acceptors (Lipinski definition) is 6. The minimum Gasteiger partial charge on any atom is -0.322 e. The first-order chi connectivity index (χ1) is 13.5. The number of hydrogen-bond donors (Lipinski definition) is 3. The summed E-state index contributed by atoms with van der Waals surface area (Å²) in [7, 11) is 0. The summed E-state index contributed by atoms with van der Waals surface area (Å²) >= 11 is 7.44. The quantitative estimate of drug-likeness (QED) is 0.476. The molecule has 1 amide bonds. The molecule has 28 heavy (non-hydrogen) atoms. The molecular weight excluding hydrogens is 400 g/mol. The molecule has 4 rings (SSSR count). The Morgan fingerprint density at radius 3 is 2.96 bits per heavy atom. The summed E-state index contributed by atoms with van der Waals surface area (Å²) in [5.74, 6) is 0.0645. The zero-order valence-corrected chi connectivity index (χ0v) is 15.7. The van der Waals surface area contributed by atoms with E-state index >= 15 is 0 Å². The molecule has 0 fully saturated rings. The van der Waals surface area contributed by atoms with E-state index in [1.54, 1.807) is 29.6 Å². The zero-order valence-electron chi connectivity index (χ0n) is 14.1. The number of carbonyl (C=O) groups is 1. The number of nitrogens with one attached hydrogen (secondary N) is 3. The van der Waals surface area contributed by atoms with Crippen LogP contribution in [0, 0.1) is 11.3 Å². The first-order valence-corrected chi connectivity index (χ1v) is 9.29. The highest BCUT2D eigenvalue weighted by atomic mass is 35.5. The zero-order chi connectivity index (χ0) is 19.7. The van der Waals surface area contributed by atoms with E-state index in [9.17, 15) is 9.59 Å². The van der Waals surface area contributed by atoms with Gasteiger partial charge in [0.05, 0.1) is 28.6 Å². The van der Waals surface area contributed by atoms with Crippen molar-refractivity contribution >= 4 is 44.7 Å². The van der Waals surface area contributed by atoms with E-state index < -0.39 is 0 Å². The normalized spacial score (nSPS) is 10.7. The van der Waals surface area contributed by atoms with Gasteiger partial charge in [-0.2, -0.15) is 10.4 Å². The first-order valence-electron chi connectivity index (χ1n) is 8.04. The van der Waals surface area contributed by atoms with Crippen molar-refractivity contribution < 1.29 is 4.79 Å². The molecule has 0 spiro atoms. The Morgan fingerprint density at radius 2 is 2.21 bits per heavy atom. The van der Waals surface area contributed by atoms with Gasteiger partial charge in [-0.3, -0.25) is 14.7 Å². The molecule has 138 valence electrons. The molecule has 4 aromatic rings. The van der Waals surface area contributed by atoms with Gasteiger partial charge < -0.3 is 10.3 Å². The molecule has 0 unspecified atom stereocenters. The molecular formula is C18H11ClN6O2S. The van der Waals surface area contributed by atoms with E-state index in [4.69, 9.17) is 16.9 Å². The van der Waals surface area contributed by atoms with Gasteiger partial charge in [-0.05, 0) is 29.7 Å². The third kappa shape index (κ3) is 3.38. The molecule has 1 aromatic carbocycles. The van der Waals surface area contributed by atoms with Gasteiger partial charge in [0.15, 0.2) is 5.82 Å². The van der Waals surface area contributed by atoms with Crippen LogP contribution in [0.2, 0.25) is 5.02 Å². The van der Waals surface area contributed by atoms with Crippen LogP contribution in [0.5, 0.6) is 0 Å². The van der Waals surface area contributed by atoms with Crippen molar-refractivity contribution in [2.75, 3.05) is 5.32 Å². The Kier molecular flexibility index (Phi) is 4.65. The van der Waals surface area contributed by atoms with E-state index in [2.05, 4.69) is 31.6 Å². The molecule has 3 heterocycles. The summed E-state index contributed by atoms with van der Waals surface area (Å²) < 4.78 is 0. The van der Waals surface area contributed by atoms with Crippen molar-refractivity contribution in [1.82, 2.24) is 20.2 Å². The SMILES string of the molecule is N#Cc1ccc2[nH]c(=O)c(CC(=O)Nc3scc(Cl)c3-c3ncn[nH]3)cc2c1. The number of aromatic amines is 2. The molecule has 0 aliphatic heterocycles. The number of fused-ring (bicyclic) bond motifs is 1. The summed E-state index contributed by atoms with van der Waals surface area (Å²) in [4.78, 5) is 31.6. The number of rotatable bonds is 4. The molecule has 0 aliphatic carbocycles. The number of nitrogens with zero attached hydrogens (tertiary/aromatic N) is 3. The van der Waals surface area contributed by atoms with Crippen LogP contribution in [0.4, 0.5) is 5.00 Å². The highest BCUT2D eigenvalue weighted by Gasteiger charge is 2.18. The predicted molar refractivity (Wildman–Crippen MR) is 106 cm³/mol. The van der Waals surface area contributed by atoms with Gasteiger partial charge in [-0.25, -0.2) is 4.98 Å². The van der Waals surface area contributed by atoms with Gasteiger partial charge in [-0.15, -0.1) is 11.3 Å². The van der Waals surface area contributed by atoms with Crippen molar-refractivity contribution in [1.29, 1.82) is 5.26 Å². The largest absolute Gasteiger partial charge is 0.322 e. The fourth-order valence-electron chi connectivity index (χ4n) is 2.77. The van der Waals surface area contributed by atoms with E-state index in [-0.39, 0.29) is 17.9 Å². The minimum absolute atomic E-state index is 0.132. The molecule has 0 atom stereocenters. The van der Waals surface area contributed by atoms with Crippen LogP contribution >= 0.6 is 22.9 Å². The van der Waals surface area contributed by atoms with Gasteiger partial charge >= 0.3 is 0 Å². The average Bonchev–Trinajstić information content (AvgIpc) is 3.31. The Morgan fingerprint density at radius 1 is 1.36 bits per heavy atom. The number of anilines is 1. The molecule has 10 heteroatoms. The summed E-state index contributed by atoms with van der Waals surface area (Å²) in [6, 6.07) is 8.62. The number of nitriles is 1. The smallest absolute Gasteiger partial charge is 0.252 e. The highest BCUT2D eigenvalue weighted by molar-refractivity contribution is 7.15. The fourth-order valence-corrected chi connectivity index (χ4v) is 3.98. The van der Waals surface area contributed by atoms with Crippen LogP contribution in [0.15, 0.2) is 40.8 Å². The Hall–Kier alpha value is -3.48. The summed E-state index contributed by atoms with van der Waals surface area (Å²) in [5, 5.41) is 21.6. The lowest BCUT2D eigenvalue weighted by atomic mass is 10.1. The van der Waals surface area contributed by atoms with Gasteiger partial charge in [0.25, 0.3) is 5.56 Å². The summed E-state index contributed by atoms with van der Waals surface area (Å²) in [5.41, 5.74) is 1.56. The summed E-state index contributed by atoms with van der Waals surface area (Å²) in [6.45, 7) is 0. The Bertz CT molecular complexity index is 1290. The number of thiophene rings is 1. The number of benzene rings is 1. The number of H-pyrrole nitrogens is 2. The van der Waals surface area contributed by atoms with E-state index in [0.717, 1.165) is 0 Å². The lowest BCUT2D eigenvalue weighted by Crippen LogP contribution is -2.21. The number of amides is 1. The fraction of sp³-hybridized carbons (Fsp3) is 0.0556. The van der Waals surface area contributed by atoms with Crippen LogP contribution in [0.1, 0.15) is 11.1 Å². The Balaban J connectivity index is 1.61. The summed E-state index contributed by atoms with van der Waals surface area (Å²) in [6.07, 6.45) is 1.21. The van der Waals surface area contributed by atoms with Crippen molar-refractivity contribution in [3.63, 3.8) is 0 Å². The average molecular weight is 411 g/mol. The van der Waals surface area contributed by atoms with Gasteiger partial charge in [-0.1, -0.05) is 11.6 Å². The molecule has 3 N–H and O–H groups in total. The van der Waals surface area contributed by atoms with Crippen molar-refractivity contribution in [3.05, 3.63) is 62.5 Å². The van der Waals surface area contributed by atoms with Crippen molar-refractivity contribution in [2.45, 2.75) is 6.42 Å². The third-order valence-electron chi connectivity index (χ3n) is 4.05. The minimum atomic E-state index is -0.374. The lowest BCUT2D eigenvalue weighted by Gasteiger charge is -2.06. The number of aromatic nitrogens is 4. The van der Waals surface area contributed by atoms with E-state index in [1.165, 1.54) is 17.7 Å². The molecule has 0 radical (unpaired) electrons. The second-order valence-corrected chi connectivity index (χ2v) is 7.17. The first kappa shape index (κ1) is 17.9. The van der Waals surface area contributed by atoms with Gasteiger partial charge in [0.1, 0.15) is 11.3 Å². The van der Waals surface area contributed by atoms with Gasteiger partial charge in [0, 0.05) is 16.5 Å². The van der Waals surface area contributed by atoms with Crippen LogP contribution in [0.3, 0.4) is 0 Å². The molecule has 3 aromatic heterocycles. The molecule has 8 nitrogen and oxygen atoms in total. The Labute approximate surface area is 166 Å². The van der Waals surface area contributed by atoms with E-state index in [0.29, 0.717) is 43.4 Å². The number of halogens is 1. The van der Waals surface area contributed by atoms with Crippen LogP contribution in [-0.2, 0) is 11.2 Å². The maximum atomic E-state index is 12.5. The number of pyridine rings is 1. The number of carbonyl (C=O) groups excluding carboxylic acids is 1. The maximum Gasteiger partial charge on any atom is 0.252 e. The second-order valence-electron chi connectivity index (χ2n) is 5.88. The highest BCUT2D eigenvalue weighted by Crippen LogP contribution is 2.38.